The lowest BCUT2D eigenvalue weighted by Gasteiger charge is -2.09. The van der Waals surface area contributed by atoms with Gasteiger partial charge in [-0.2, -0.15) is 0 Å². The second-order valence-corrected chi connectivity index (χ2v) is 2.64. The highest BCUT2D eigenvalue weighted by Gasteiger charge is 2.11. The molecule has 3 heteroatoms. The zero-order valence-electron chi connectivity index (χ0n) is 7.31. The van der Waals surface area contributed by atoms with Crippen molar-refractivity contribution in [3.8, 4) is 0 Å². The molecule has 1 atom stereocenters. The summed E-state index contributed by atoms with van der Waals surface area (Å²) in [6.07, 6.45) is 1.38. The van der Waals surface area contributed by atoms with Crippen LogP contribution in [0, 0.1) is 0 Å². The third-order valence-electron chi connectivity index (χ3n) is 1.40. The van der Waals surface area contributed by atoms with Crippen molar-refractivity contribution < 1.29 is 9.59 Å². The Balaban J connectivity index is 3.73. The minimum atomic E-state index is -0.326. The lowest BCUT2D eigenvalue weighted by atomic mass is 10.1. The van der Waals surface area contributed by atoms with E-state index in [2.05, 4.69) is 5.32 Å². The highest BCUT2D eigenvalue weighted by molar-refractivity contribution is 5.87. The highest BCUT2D eigenvalue weighted by Crippen LogP contribution is 1.94. The van der Waals surface area contributed by atoms with E-state index < -0.39 is 0 Å². The van der Waals surface area contributed by atoms with Crippen LogP contribution in [0.3, 0.4) is 0 Å². The molecule has 0 aliphatic heterocycles. The lowest BCUT2D eigenvalue weighted by Crippen LogP contribution is -2.36. The quantitative estimate of drug-likeness (QED) is 0.658. The van der Waals surface area contributed by atoms with Crippen LogP contribution in [0.2, 0.25) is 0 Å². The first kappa shape index (κ1) is 10.1. The molecule has 0 aromatic heterocycles. The molecule has 0 fully saturated rings. The Bertz CT molecular complexity index is 154. The summed E-state index contributed by atoms with van der Waals surface area (Å²) in [7, 11) is 0. The summed E-state index contributed by atoms with van der Waals surface area (Å²) >= 11 is 0. The molecule has 11 heavy (non-hydrogen) atoms. The minimum Gasteiger partial charge on any atom is -0.347 e. The predicted molar refractivity (Wildman–Crippen MR) is 43.2 cm³/mol. The first-order chi connectivity index (χ1) is 5.07. The SMILES string of the molecule is CCCC(=O)[C@H](C)NC(C)=O. The summed E-state index contributed by atoms with van der Waals surface area (Å²) < 4.78 is 0. The molecule has 0 bridgehead atoms. The van der Waals surface area contributed by atoms with Crippen molar-refractivity contribution >= 4 is 11.7 Å². The van der Waals surface area contributed by atoms with Gasteiger partial charge in [0.25, 0.3) is 0 Å². The first-order valence-electron chi connectivity index (χ1n) is 3.87. The van der Waals surface area contributed by atoms with E-state index in [1.54, 1.807) is 6.92 Å². The maximum atomic E-state index is 11.1. The van der Waals surface area contributed by atoms with Crippen LogP contribution >= 0.6 is 0 Å². The van der Waals surface area contributed by atoms with Crippen molar-refractivity contribution in [3.63, 3.8) is 0 Å². The van der Waals surface area contributed by atoms with Gasteiger partial charge in [-0.05, 0) is 13.3 Å². The van der Waals surface area contributed by atoms with Crippen molar-refractivity contribution in [1.29, 1.82) is 0 Å². The molecular formula is C8H15NO2. The summed E-state index contributed by atoms with van der Waals surface area (Å²) in [6.45, 7) is 5.06. The van der Waals surface area contributed by atoms with E-state index in [1.807, 2.05) is 6.92 Å². The largest absolute Gasteiger partial charge is 0.347 e. The molecule has 0 aliphatic rings. The normalized spacial score (nSPS) is 12.3. The van der Waals surface area contributed by atoms with Crippen molar-refractivity contribution in [2.24, 2.45) is 0 Å². The second kappa shape index (κ2) is 4.88. The molecule has 1 amide bonds. The van der Waals surface area contributed by atoms with E-state index in [4.69, 9.17) is 0 Å². The van der Waals surface area contributed by atoms with Gasteiger partial charge in [0, 0.05) is 13.3 Å². The fourth-order valence-electron chi connectivity index (χ4n) is 0.848. The zero-order chi connectivity index (χ0) is 8.85. The number of amides is 1. The molecule has 64 valence electrons. The Morgan fingerprint density at radius 3 is 2.36 bits per heavy atom. The van der Waals surface area contributed by atoms with Crippen LogP contribution in [0.4, 0.5) is 0 Å². The van der Waals surface area contributed by atoms with Crippen molar-refractivity contribution in [1.82, 2.24) is 5.32 Å². The van der Waals surface area contributed by atoms with Gasteiger partial charge in [-0.1, -0.05) is 6.92 Å². The lowest BCUT2D eigenvalue weighted by molar-refractivity contribution is -0.126. The van der Waals surface area contributed by atoms with Gasteiger partial charge in [-0.15, -0.1) is 0 Å². The molecule has 0 radical (unpaired) electrons. The van der Waals surface area contributed by atoms with Gasteiger partial charge in [-0.3, -0.25) is 9.59 Å². The van der Waals surface area contributed by atoms with Crippen molar-refractivity contribution in [2.45, 2.75) is 39.7 Å². The monoisotopic (exact) mass is 157 g/mol. The summed E-state index contributed by atoms with van der Waals surface area (Å²) in [5, 5.41) is 2.54. The predicted octanol–water partition coefficient (Wildman–Crippen LogP) is 0.880. The third-order valence-corrected chi connectivity index (χ3v) is 1.40. The van der Waals surface area contributed by atoms with Crippen LogP contribution < -0.4 is 5.32 Å². The Labute approximate surface area is 67.2 Å². The Hall–Kier alpha value is -0.860. The molecule has 0 saturated carbocycles. The van der Waals surface area contributed by atoms with Crippen LogP contribution in [-0.4, -0.2) is 17.7 Å². The molecule has 3 nitrogen and oxygen atoms in total. The topological polar surface area (TPSA) is 46.2 Å². The Kier molecular flexibility index (Phi) is 4.50. The van der Waals surface area contributed by atoms with Gasteiger partial charge in [0.2, 0.25) is 5.91 Å². The summed E-state index contributed by atoms with van der Waals surface area (Å²) in [4.78, 5) is 21.6. The number of hydrogen-bond acceptors (Lipinski definition) is 2. The fourth-order valence-corrected chi connectivity index (χ4v) is 0.848. The smallest absolute Gasteiger partial charge is 0.217 e. The van der Waals surface area contributed by atoms with Crippen LogP contribution in [0.1, 0.15) is 33.6 Å². The maximum Gasteiger partial charge on any atom is 0.217 e. The molecule has 0 saturated heterocycles. The van der Waals surface area contributed by atoms with Gasteiger partial charge >= 0.3 is 0 Å². The minimum absolute atomic E-state index is 0.0997. The average molecular weight is 157 g/mol. The Morgan fingerprint density at radius 2 is 2.00 bits per heavy atom. The number of rotatable bonds is 4. The molecule has 0 unspecified atom stereocenters. The molecular weight excluding hydrogens is 142 g/mol. The Morgan fingerprint density at radius 1 is 1.45 bits per heavy atom. The van der Waals surface area contributed by atoms with E-state index in [0.717, 1.165) is 6.42 Å². The summed E-state index contributed by atoms with van der Waals surface area (Å²) in [5.74, 6) is -0.0512. The van der Waals surface area contributed by atoms with Gasteiger partial charge in [-0.25, -0.2) is 0 Å². The zero-order valence-corrected chi connectivity index (χ0v) is 7.31. The van der Waals surface area contributed by atoms with E-state index in [1.165, 1.54) is 6.92 Å². The third kappa shape index (κ3) is 4.53. The highest BCUT2D eigenvalue weighted by atomic mass is 16.2. The fraction of sp³-hybridized carbons (Fsp3) is 0.750. The number of hydrogen-bond donors (Lipinski definition) is 1. The molecule has 0 aromatic rings. The van der Waals surface area contributed by atoms with E-state index in [-0.39, 0.29) is 17.7 Å². The molecule has 0 aromatic carbocycles. The molecule has 0 spiro atoms. The van der Waals surface area contributed by atoms with Gasteiger partial charge in [0.05, 0.1) is 6.04 Å². The van der Waals surface area contributed by atoms with Crippen LogP contribution in [0.15, 0.2) is 0 Å². The molecule has 1 N–H and O–H groups in total. The van der Waals surface area contributed by atoms with Crippen LogP contribution in [0.5, 0.6) is 0 Å². The number of carbonyl (C=O) groups excluding carboxylic acids is 2. The van der Waals surface area contributed by atoms with Crippen molar-refractivity contribution in [2.75, 3.05) is 0 Å². The number of nitrogens with one attached hydrogen (secondary N) is 1. The van der Waals surface area contributed by atoms with Crippen LogP contribution in [-0.2, 0) is 9.59 Å². The molecule has 0 aliphatic carbocycles. The first-order valence-corrected chi connectivity index (χ1v) is 3.87. The second-order valence-electron chi connectivity index (χ2n) is 2.64. The van der Waals surface area contributed by atoms with E-state index in [9.17, 15) is 9.59 Å². The maximum absolute atomic E-state index is 11.1. The summed E-state index contributed by atoms with van der Waals surface area (Å²) in [6, 6.07) is -0.326. The average Bonchev–Trinajstić information content (AvgIpc) is 1.86. The summed E-state index contributed by atoms with van der Waals surface area (Å²) in [5.41, 5.74) is 0. The van der Waals surface area contributed by atoms with E-state index in [0.29, 0.717) is 6.42 Å². The van der Waals surface area contributed by atoms with Gasteiger partial charge in [0.1, 0.15) is 0 Å². The number of Topliss-reactive ketones (excluding diaryl/α,β-unsaturated/α-hetero) is 1. The molecule has 0 heterocycles. The number of ketones is 1. The van der Waals surface area contributed by atoms with E-state index >= 15 is 0 Å². The number of carbonyl (C=O) groups is 2. The standard InChI is InChI=1S/C8H15NO2/c1-4-5-8(11)6(2)9-7(3)10/h6H,4-5H2,1-3H3,(H,9,10)/t6-/m0/s1. The molecule has 0 rings (SSSR count). The van der Waals surface area contributed by atoms with Gasteiger partial charge < -0.3 is 5.32 Å². The van der Waals surface area contributed by atoms with Crippen LogP contribution in [0.25, 0.3) is 0 Å². The van der Waals surface area contributed by atoms with Crippen molar-refractivity contribution in [3.05, 3.63) is 0 Å². The van der Waals surface area contributed by atoms with Gasteiger partial charge in [0.15, 0.2) is 5.78 Å².